The van der Waals surface area contributed by atoms with Crippen LogP contribution in [0.3, 0.4) is 0 Å². The van der Waals surface area contributed by atoms with Crippen LogP contribution in [0, 0.1) is 5.41 Å². The molecule has 0 aliphatic carbocycles. The maximum absolute atomic E-state index is 5.69. The molecule has 0 bridgehead atoms. The van der Waals surface area contributed by atoms with E-state index in [1.54, 1.807) is 0 Å². The molecule has 0 saturated carbocycles. The first-order chi connectivity index (χ1) is 10.0. The van der Waals surface area contributed by atoms with Crippen LogP contribution in [0.4, 0.5) is 0 Å². The minimum atomic E-state index is 0.367. The van der Waals surface area contributed by atoms with Crippen molar-refractivity contribution in [1.82, 2.24) is 9.80 Å². The highest BCUT2D eigenvalue weighted by atomic mass is 16.5. The van der Waals surface area contributed by atoms with Crippen molar-refractivity contribution in [3.63, 3.8) is 0 Å². The molecule has 124 valence electrons. The van der Waals surface area contributed by atoms with Crippen LogP contribution in [0.1, 0.15) is 59.8 Å². The Balaban J connectivity index is 1.69. The Morgan fingerprint density at radius 2 is 1.52 bits per heavy atom. The predicted octanol–water partition coefficient (Wildman–Crippen LogP) is 3.39. The molecule has 2 aliphatic heterocycles. The number of hydrogen-bond acceptors (Lipinski definition) is 3. The van der Waals surface area contributed by atoms with Gasteiger partial charge in [0.15, 0.2) is 0 Å². The molecular weight excluding hydrogens is 260 g/mol. The minimum absolute atomic E-state index is 0.367. The number of ether oxygens (including phenoxy) is 1. The van der Waals surface area contributed by atoms with Crippen LogP contribution in [0.25, 0.3) is 0 Å². The van der Waals surface area contributed by atoms with Crippen molar-refractivity contribution in [2.45, 2.75) is 71.9 Å². The van der Waals surface area contributed by atoms with E-state index >= 15 is 0 Å². The molecule has 0 N–H and O–H groups in total. The molecule has 1 atom stereocenters. The van der Waals surface area contributed by atoms with E-state index in [1.807, 2.05) is 0 Å². The molecule has 0 aromatic heterocycles. The van der Waals surface area contributed by atoms with Gasteiger partial charge in [0.05, 0.1) is 12.7 Å². The van der Waals surface area contributed by atoms with Gasteiger partial charge in [-0.2, -0.15) is 0 Å². The van der Waals surface area contributed by atoms with Crippen molar-refractivity contribution in [2.24, 2.45) is 5.41 Å². The Labute approximate surface area is 132 Å². The molecular formula is C18H36N2O. The fourth-order valence-electron chi connectivity index (χ4n) is 3.87. The first-order valence-electron chi connectivity index (χ1n) is 9.13. The first-order valence-corrected chi connectivity index (χ1v) is 9.13. The standard InChI is InChI=1S/C18H36N2O/c1-5-17(4)20-12-8-18(9-13-20)6-10-19(11-7-18)14-15-21-16(2)3/h16-17H,5-15H2,1-4H3. The topological polar surface area (TPSA) is 15.7 Å². The molecule has 2 aliphatic rings. The fraction of sp³-hybridized carbons (Fsp3) is 1.00. The fourth-order valence-corrected chi connectivity index (χ4v) is 3.87. The maximum Gasteiger partial charge on any atom is 0.0596 e. The SMILES string of the molecule is CCC(C)N1CCC2(CCN(CCOC(C)C)CC2)CC1. The molecule has 0 radical (unpaired) electrons. The van der Waals surface area contributed by atoms with Crippen LogP contribution < -0.4 is 0 Å². The third-order valence-corrected chi connectivity index (χ3v) is 5.85. The van der Waals surface area contributed by atoms with Crippen LogP contribution >= 0.6 is 0 Å². The highest BCUT2D eigenvalue weighted by molar-refractivity contribution is 4.91. The molecule has 0 aromatic rings. The monoisotopic (exact) mass is 296 g/mol. The number of nitrogens with zero attached hydrogens (tertiary/aromatic N) is 2. The summed E-state index contributed by atoms with van der Waals surface area (Å²) in [5, 5.41) is 0. The van der Waals surface area contributed by atoms with Gasteiger partial charge in [-0.15, -0.1) is 0 Å². The molecule has 0 amide bonds. The summed E-state index contributed by atoms with van der Waals surface area (Å²) in [6, 6.07) is 0.774. The molecule has 1 unspecified atom stereocenters. The summed E-state index contributed by atoms with van der Waals surface area (Å²) in [5.74, 6) is 0. The summed E-state index contributed by atoms with van der Waals surface area (Å²) in [4.78, 5) is 5.31. The molecule has 2 heterocycles. The molecule has 3 heteroatoms. The Hall–Kier alpha value is -0.120. The molecule has 3 nitrogen and oxygen atoms in total. The lowest BCUT2D eigenvalue weighted by molar-refractivity contribution is 0.00590. The van der Waals surface area contributed by atoms with Gasteiger partial charge < -0.3 is 14.5 Å². The normalized spacial score (nSPS) is 25.6. The maximum atomic E-state index is 5.69. The van der Waals surface area contributed by atoms with Crippen molar-refractivity contribution in [3.05, 3.63) is 0 Å². The van der Waals surface area contributed by atoms with E-state index in [4.69, 9.17) is 4.74 Å². The Bertz CT molecular complexity index is 288. The molecule has 1 spiro atoms. The van der Waals surface area contributed by atoms with E-state index in [0.29, 0.717) is 11.5 Å². The zero-order chi connectivity index (χ0) is 15.3. The Kier molecular flexibility index (Phi) is 6.51. The van der Waals surface area contributed by atoms with Gasteiger partial charge in [-0.05, 0) is 84.5 Å². The number of hydrogen-bond donors (Lipinski definition) is 0. The summed E-state index contributed by atoms with van der Waals surface area (Å²) < 4.78 is 5.69. The highest BCUT2D eigenvalue weighted by Gasteiger charge is 2.37. The van der Waals surface area contributed by atoms with Crippen LogP contribution in [0.2, 0.25) is 0 Å². The van der Waals surface area contributed by atoms with Gasteiger partial charge in [0, 0.05) is 12.6 Å². The first kappa shape index (κ1) is 17.2. The van der Waals surface area contributed by atoms with E-state index < -0.39 is 0 Å². The smallest absolute Gasteiger partial charge is 0.0596 e. The number of rotatable bonds is 6. The Morgan fingerprint density at radius 1 is 0.952 bits per heavy atom. The van der Waals surface area contributed by atoms with Crippen molar-refractivity contribution >= 4 is 0 Å². The Morgan fingerprint density at radius 3 is 2.05 bits per heavy atom. The largest absolute Gasteiger partial charge is 0.377 e. The number of likely N-dealkylation sites (tertiary alicyclic amines) is 2. The van der Waals surface area contributed by atoms with E-state index in [9.17, 15) is 0 Å². The number of piperidine rings is 2. The van der Waals surface area contributed by atoms with E-state index in [1.165, 1.54) is 58.3 Å². The molecule has 2 rings (SSSR count). The van der Waals surface area contributed by atoms with Crippen molar-refractivity contribution in [1.29, 1.82) is 0 Å². The lowest BCUT2D eigenvalue weighted by Crippen LogP contribution is -2.49. The van der Waals surface area contributed by atoms with Gasteiger partial charge in [-0.3, -0.25) is 0 Å². The molecule has 2 saturated heterocycles. The quantitative estimate of drug-likeness (QED) is 0.747. The summed E-state index contributed by atoms with van der Waals surface area (Å²) in [7, 11) is 0. The molecule has 21 heavy (non-hydrogen) atoms. The van der Waals surface area contributed by atoms with Crippen molar-refractivity contribution in [2.75, 3.05) is 39.3 Å². The van der Waals surface area contributed by atoms with Gasteiger partial charge in [0.2, 0.25) is 0 Å². The van der Waals surface area contributed by atoms with Gasteiger partial charge >= 0.3 is 0 Å². The van der Waals surface area contributed by atoms with Gasteiger partial charge in [0.25, 0.3) is 0 Å². The van der Waals surface area contributed by atoms with Crippen molar-refractivity contribution < 1.29 is 4.74 Å². The summed E-state index contributed by atoms with van der Waals surface area (Å²) in [5.41, 5.74) is 0.666. The highest BCUT2D eigenvalue weighted by Crippen LogP contribution is 2.41. The van der Waals surface area contributed by atoms with Gasteiger partial charge in [-0.25, -0.2) is 0 Å². The second-order valence-electron chi connectivity index (χ2n) is 7.55. The van der Waals surface area contributed by atoms with Crippen LogP contribution in [0.5, 0.6) is 0 Å². The summed E-state index contributed by atoms with van der Waals surface area (Å²) >= 11 is 0. The van der Waals surface area contributed by atoms with Crippen molar-refractivity contribution in [3.8, 4) is 0 Å². The van der Waals surface area contributed by atoms with E-state index in [2.05, 4.69) is 37.5 Å². The van der Waals surface area contributed by atoms with E-state index in [-0.39, 0.29) is 0 Å². The zero-order valence-corrected chi connectivity index (χ0v) is 14.7. The lowest BCUT2D eigenvalue weighted by atomic mass is 9.71. The zero-order valence-electron chi connectivity index (χ0n) is 14.7. The molecule has 0 aromatic carbocycles. The lowest BCUT2D eigenvalue weighted by Gasteiger charge is -2.48. The second-order valence-corrected chi connectivity index (χ2v) is 7.55. The third kappa shape index (κ3) is 4.94. The van der Waals surface area contributed by atoms with Crippen LogP contribution in [-0.4, -0.2) is 61.3 Å². The minimum Gasteiger partial charge on any atom is -0.377 e. The van der Waals surface area contributed by atoms with Gasteiger partial charge in [-0.1, -0.05) is 6.92 Å². The van der Waals surface area contributed by atoms with E-state index in [0.717, 1.165) is 19.2 Å². The van der Waals surface area contributed by atoms with Crippen LogP contribution in [0.15, 0.2) is 0 Å². The average Bonchev–Trinajstić information content (AvgIpc) is 2.49. The van der Waals surface area contributed by atoms with Crippen LogP contribution in [-0.2, 0) is 4.74 Å². The summed E-state index contributed by atoms with van der Waals surface area (Å²) in [6.07, 6.45) is 7.32. The predicted molar refractivity (Wildman–Crippen MR) is 89.8 cm³/mol. The molecule has 2 fully saturated rings. The summed E-state index contributed by atoms with van der Waals surface area (Å²) in [6.45, 7) is 16.2. The third-order valence-electron chi connectivity index (χ3n) is 5.85. The average molecular weight is 296 g/mol. The second kappa shape index (κ2) is 7.94. The van der Waals surface area contributed by atoms with Gasteiger partial charge in [0.1, 0.15) is 0 Å².